The highest BCUT2D eigenvalue weighted by Crippen LogP contribution is 2.31. The highest BCUT2D eigenvalue weighted by atomic mass is 79.9. The topological polar surface area (TPSA) is 58.6 Å². The van der Waals surface area contributed by atoms with E-state index in [0.717, 1.165) is 21.3 Å². The highest BCUT2D eigenvalue weighted by molar-refractivity contribution is 9.10. The Morgan fingerprint density at radius 1 is 1.17 bits per heavy atom. The number of hydrogen-bond acceptors (Lipinski definition) is 4. The number of aliphatic imine (C=N–C) groups is 1. The number of rotatable bonds is 3. The lowest BCUT2D eigenvalue weighted by atomic mass is 10.1. The molecular formula is C18H15BrN2O2. The van der Waals surface area contributed by atoms with E-state index in [-0.39, 0.29) is 5.95 Å². The van der Waals surface area contributed by atoms with Gasteiger partial charge < -0.3 is 9.52 Å². The predicted octanol–water partition coefficient (Wildman–Crippen LogP) is 5.18. The standard InChI is InChI=1S/C18H15BrN2O2/c1-11-7-8-15(12(2)9-11)20-10-16-18(22)23-17(21-16)13-5-3-4-6-14(13)19/h3-10,22H,1-2H3. The summed E-state index contributed by atoms with van der Waals surface area (Å²) in [7, 11) is 0. The van der Waals surface area contributed by atoms with Crippen molar-refractivity contribution in [3.8, 4) is 17.4 Å². The van der Waals surface area contributed by atoms with E-state index >= 15 is 0 Å². The average molecular weight is 371 g/mol. The summed E-state index contributed by atoms with van der Waals surface area (Å²) in [5.74, 6) is 0.0984. The van der Waals surface area contributed by atoms with Crippen molar-refractivity contribution in [1.29, 1.82) is 0 Å². The summed E-state index contributed by atoms with van der Waals surface area (Å²) in [5.41, 5.74) is 4.15. The van der Waals surface area contributed by atoms with E-state index in [1.807, 2.05) is 50.2 Å². The van der Waals surface area contributed by atoms with Crippen molar-refractivity contribution in [3.05, 3.63) is 63.8 Å². The molecule has 4 nitrogen and oxygen atoms in total. The van der Waals surface area contributed by atoms with Crippen LogP contribution in [-0.2, 0) is 0 Å². The summed E-state index contributed by atoms with van der Waals surface area (Å²) in [6.07, 6.45) is 1.51. The van der Waals surface area contributed by atoms with Crippen molar-refractivity contribution < 1.29 is 9.52 Å². The lowest BCUT2D eigenvalue weighted by molar-refractivity contribution is 0.337. The Kier molecular flexibility index (Phi) is 4.30. The van der Waals surface area contributed by atoms with E-state index in [9.17, 15) is 5.11 Å². The number of aryl methyl sites for hydroxylation is 2. The molecule has 3 rings (SSSR count). The lowest BCUT2D eigenvalue weighted by Gasteiger charge is -2.00. The Balaban J connectivity index is 1.93. The third-order valence-corrected chi connectivity index (χ3v) is 4.11. The summed E-state index contributed by atoms with van der Waals surface area (Å²) in [6, 6.07) is 13.5. The fourth-order valence-corrected chi connectivity index (χ4v) is 2.69. The number of aromatic hydroxyl groups is 1. The van der Waals surface area contributed by atoms with Crippen LogP contribution in [0.25, 0.3) is 11.5 Å². The van der Waals surface area contributed by atoms with E-state index in [2.05, 4.69) is 32.0 Å². The van der Waals surface area contributed by atoms with Crippen molar-refractivity contribution in [1.82, 2.24) is 4.98 Å². The van der Waals surface area contributed by atoms with Gasteiger partial charge in [-0.25, -0.2) is 4.98 Å². The van der Waals surface area contributed by atoms with Gasteiger partial charge in [0, 0.05) is 4.47 Å². The first-order valence-electron chi connectivity index (χ1n) is 7.10. The number of hydrogen-bond donors (Lipinski definition) is 1. The van der Waals surface area contributed by atoms with Gasteiger partial charge in [0.15, 0.2) is 5.69 Å². The predicted molar refractivity (Wildman–Crippen MR) is 94.5 cm³/mol. The molecule has 0 aliphatic carbocycles. The molecule has 0 bridgehead atoms. The summed E-state index contributed by atoms with van der Waals surface area (Å²) >= 11 is 3.44. The van der Waals surface area contributed by atoms with Crippen molar-refractivity contribution >= 4 is 27.8 Å². The third kappa shape index (κ3) is 3.35. The fourth-order valence-electron chi connectivity index (χ4n) is 2.24. The second kappa shape index (κ2) is 6.38. The first-order valence-corrected chi connectivity index (χ1v) is 7.90. The molecule has 0 fully saturated rings. The molecule has 5 heteroatoms. The van der Waals surface area contributed by atoms with Crippen LogP contribution in [-0.4, -0.2) is 16.3 Å². The molecule has 0 unspecified atom stereocenters. The SMILES string of the molecule is Cc1ccc(N=Cc2nc(-c3ccccc3Br)oc2O)c(C)c1. The Morgan fingerprint density at radius 2 is 1.96 bits per heavy atom. The Labute approximate surface area is 142 Å². The molecule has 1 heterocycles. The van der Waals surface area contributed by atoms with Crippen molar-refractivity contribution in [2.45, 2.75) is 13.8 Å². The maximum Gasteiger partial charge on any atom is 0.312 e. The van der Waals surface area contributed by atoms with Crippen LogP contribution in [0, 0.1) is 13.8 Å². The summed E-state index contributed by atoms with van der Waals surface area (Å²) in [6.45, 7) is 4.03. The maximum atomic E-state index is 9.94. The zero-order valence-corrected chi connectivity index (χ0v) is 14.3. The molecule has 2 aromatic carbocycles. The summed E-state index contributed by atoms with van der Waals surface area (Å²) in [5, 5.41) is 9.94. The minimum Gasteiger partial charge on any atom is -0.479 e. The van der Waals surface area contributed by atoms with Crippen molar-refractivity contribution in [2.75, 3.05) is 0 Å². The minimum absolute atomic E-state index is 0.246. The number of benzene rings is 2. The van der Waals surface area contributed by atoms with Gasteiger partial charge in [-0.1, -0.05) is 29.8 Å². The zero-order valence-electron chi connectivity index (χ0n) is 12.7. The Hall–Kier alpha value is -2.40. The van der Waals surface area contributed by atoms with Crippen LogP contribution in [0.4, 0.5) is 5.69 Å². The third-order valence-electron chi connectivity index (χ3n) is 3.42. The lowest BCUT2D eigenvalue weighted by Crippen LogP contribution is -1.84. The monoisotopic (exact) mass is 370 g/mol. The normalized spacial score (nSPS) is 11.3. The number of nitrogens with zero attached hydrogens (tertiary/aromatic N) is 2. The molecule has 0 saturated carbocycles. The van der Waals surface area contributed by atoms with Gasteiger partial charge in [0.25, 0.3) is 0 Å². The molecule has 1 N–H and O–H groups in total. The fraction of sp³-hybridized carbons (Fsp3) is 0.111. The van der Waals surface area contributed by atoms with Crippen LogP contribution in [0.3, 0.4) is 0 Å². The molecule has 0 aliphatic heterocycles. The van der Waals surface area contributed by atoms with Crippen LogP contribution in [0.5, 0.6) is 5.95 Å². The molecule has 0 radical (unpaired) electrons. The minimum atomic E-state index is -0.246. The van der Waals surface area contributed by atoms with E-state index < -0.39 is 0 Å². The van der Waals surface area contributed by atoms with Gasteiger partial charge in [0.1, 0.15) is 0 Å². The highest BCUT2D eigenvalue weighted by Gasteiger charge is 2.14. The molecule has 116 valence electrons. The smallest absolute Gasteiger partial charge is 0.312 e. The summed E-state index contributed by atoms with van der Waals surface area (Å²) < 4.78 is 6.19. The average Bonchev–Trinajstić information content (AvgIpc) is 2.88. The first kappa shape index (κ1) is 15.5. The van der Waals surface area contributed by atoms with Gasteiger partial charge >= 0.3 is 5.95 Å². The van der Waals surface area contributed by atoms with E-state index in [4.69, 9.17) is 4.42 Å². The second-order valence-corrected chi connectivity index (χ2v) is 6.09. The number of oxazole rings is 1. The summed E-state index contributed by atoms with van der Waals surface area (Å²) in [4.78, 5) is 8.70. The van der Waals surface area contributed by atoms with Gasteiger partial charge in [0.05, 0.1) is 17.5 Å². The van der Waals surface area contributed by atoms with Gasteiger partial charge in [0.2, 0.25) is 5.89 Å². The van der Waals surface area contributed by atoms with Crippen LogP contribution in [0.15, 0.2) is 56.3 Å². The van der Waals surface area contributed by atoms with Crippen LogP contribution >= 0.6 is 15.9 Å². The molecule has 0 spiro atoms. The van der Waals surface area contributed by atoms with Gasteiger partial charge in [-0.05, 0) is 53.5 Å². The van der Waals surface area contributed by atoms with Crippen LogP contribution in [0.2, 0.25) is 0 Å². The molecule has 0 saturated heterocycles. The van der Waals surface area contributed by atoms with Crippen molar-refractivity contribution in [2.24, 2.45) is 4.99 Å². The van der Waals surface area contributed by atoms with E-state index in [1.165, 1.54) is 11.8 Å². The van der Waals surface area contributed by atoms with Crippen molar-refractivity contribution in [3.63, 3.8) is 0 Å². The quantitative estimate of drug-likeness (QED) is 0.646. The van der Waals surface area contributed by atoms with Gasteiger partial charge in [-0.2, -0.15) is 0 Å². The molecule has 3 aromatic rings. The Bertz CT molecular complexity index is 884. The molecule has 1 aromatic heterocycles. The molecular weight excluding hydrogens is 356 g/mol. The Morgan fingerprint density at radius 3 is 2.70 bits per heavy atom. The van der Waals surface area contributed by atoms with Crippen LogP contribution < -0.4 is 0 Å². The number of aromatic nitrogens is 1. The first-order chi connectivity index (χ1) is 11.0. The molecule has 0 atom stereocenters. The molecule has 23 heavy (non-hydrogen) atoms. The van der Waals surface area contributed by atoms with Crippen LogP contribution in [0.1, 0.15) is 16.8 Å². The van der Waals surface area contributed by atoms with E-state index in [0.29, 0.717) is 11.6 Å². The molecule has 0 aliphatic rings. The zero-order chi connectivity index (χ0) is 16.4. The van der Waals surface area contributed by atoms with Gasteiger partial charge in [-0.15, -0.1) is 0 Å². The maximum absolute atomic E-state index is 9.94. The van der Waals surface area contributed by atoms with E-state index in [1.54, 1.807) is 0 Å². The van der Waals surface area contributed by atoms with Gasteiger partial charge in [-0.3, -0.25) is 4.99 Å². The second-order valence-electron chi connectivity index (χ2n) is 5.24. The largest absolute Gasteiger partial charge is 0.479 e. The number of halogens is 1. The molecule has 0 amide bonds.